The normalized spacial score (nSPS) is 8.77. The van der Waals surface area contributed by atoms with Gasteiger partial charge < -0.3 is 9.90 Å². The van der Waals surface area contributed by atoms with Crippen LogP contribution >= 0.6 is 0 Å². The molecule has 0 fully saturated rings. The van der Waals surface area contributed by atoms with Crippen LogP contribution in [0.15, 0.2) is 24.3 Å². The van der Waals surface area contributed by atoms with Gasteiger partial charge >= 0.3 is 0 Å². The first-order chi connectivity index (χ1) is 6.38. The van der Waals surface area contributed by atoms with Crippen molar-refractivity contribution in [3.8, 4) is 0 Å². The van der Waals surface area contributed by atoms with E-state index in [2.05, 4.69) is 13.0 Å². The maximum atomic E-state index is 8.95. The molecule has 0 spiro atoms. The zero-order chi connectivity index (χ0) is 10.1. The molecule has 0 atom stereocenters. The molecule has 0 saturated carbocycles. The van der Waals surface area contributed by atoms with Gasteiger partial charge in [-0.25, -0.2) is 0 Å². The summed E-state index contributed by atoms with van der Waals surface area (Å²) < 4.78 is 0. The number of aryl methyl sites for hydroxylation is 1. The number of benzene rings is 1. The van der Waals surface area contributed by atoms with E-state index in [1.807, 2.05) is 25.0 Å². The first-order valence-electron chi connectivity index (χ1n) is 4.35. The Kier molecular flexibility index (Phi) is 6.83. The Bertz CT molecular complexity index is 238. The van der Waals surface area contributed by atoms with Gasteiger partial charge in [-0.2, -0.15) is 0 Å². The van der Waals surface area contributed by atoms with E-state index in [1.165, 1.54) is 5.56 Å². The van der Waals surface area contributed by atoms with Gasteiger partial charge in [-0.05, 0) is 17.5 Å². The highest BCUT2D eigenvalue weighted by atomic mass is 16.3. The summed E-state index contributed by atoms with van der Waals surface area (Å²) in [5.41, 5.74) is 2.34. The number of aliphatic hydroxyl groups excluding tert-OH is 1. The van der Waals surface area contributed by atoms with Crippen LogP contribution in [0.4, 0.5) is 0 Å². The predicted molar refractivity (Wildman–Crippen MR) is 55.6 cm³/mol. The summed E-state index contributed by atoms with van der Waals surface area (Å²) in [6.45, 7) is 4.31. The second-order valence-corrected chi connectivity index (χ2v) is 2.68. The highest BCUT2D eigenvalue weighted by Crippen LogP contribution is 2.10. The number of rotatable bonds is 3. The molecule has 1 rings (SSSR count). The number of carbonyl (C=O) groups excluding carboxylic acids is 1. The van der Waals surface area contributed by atoms with Crippen molar-refractivity contribution >= 4 is 6.79 Å². The van der Waals surface area contributed by atoms with E-state index in [4.69, 9.17) is 9.90 Å². The monoisotopic (exact) mass is 182 g/mol. The minimum Gasteiger partial charge on any atom is -0.392 e. The number of hydrogen-bond donors (Lipinski definition) is 1. The minimum absolute atomic E-state index is 0. The van der Waals surface area contributed by atoms with Gasteiger partial charge in [0.05, 0.1) is 6.61 Å². The van der Waals surface area contributed by atoms with Gasteiger partial charge in [0, 0.05) is 1.43 Å². The van der Waals surface area contributed by atoms with E-state index < -0.39 is 0 Å². The van der Waals surface area contributed by atoms with Crippen molar-refractivity contribution in [2.75, 3.05) is 0 Å². The third-order valence-electron chi connectivity index (χ3n) is 1.81. The summed E-state index contributed by atoms with van der Waals surface area (Å²) in [4.78, 5) is 8.00. The van der Waals surface area contributed by atoms with E-state index in [0.29, 0.717) is 0 Å². The van der Waals surface area contributed by atoms with Gasteiger partial charge in [0.25, 0.3) is 0 Å². The third kappa shape index (κ3) is 3.85. The highest BCUT2D eigenvalue weighted by molar-refractivity contribution is 5.26. The second kappa shape index (κ2) is 7.50. The van der Waals surface area contributed by atoms with E-state index >= 15 is 0 Å². The molecule has 1 N–H and O–H groups in total. The van der Waals surface area contributed by atoms with Crippen molar-refractivity contribution in [1.82, 2.24) is 0 Å². The van der Waals surface area contributed by atoms with Crippen LogP contribution in [0, 0.1) is 0 Å². The van der Waals surface area contributed by atoms with Crippen molar-refractivity contribution in [3.05, 3.63) is 35.4 Å². The molecule has 0 aliphatic carbocycles. The summed E-state index contributed by atoms with van der Waals surface area (Å²) in [5.74, 6) is 0. The Morgan fingerprint density at radius 2 is 1.85 bits per heavy atom. The van der Waals surface area contributed by atoms with Crippen molar-refractivity contribution in [1.29, 1.82) is 0 Å². The van der Waals surface area contributed by atoms with Gasteiger partial charge in [0.15, 0.2) is 0 Å². The molecule has 1 aromatic rings. The third-order valence-corrected chi connectivity index (χ3v) is 1.81. The fourth-order valence-corrected chi connectivity index (χ4v) is 1.22. The van der Waals surface area contributed by atoms with Crippen LogP contribution in [0.5, 0.6) is 0 Å². The first kappa shape index (κ1) is 11.8. The molecule has 0 saturated heterocycles. The number of aliphatic hydroxyl groups is 1. The Morgan fingerprint density at radius 1 is 1.31 bits per heavy atom. The highest BCUT2D eigenvalue weighted by Gasteiger charge is 1.97. The molecule has 74 valence electrons. The molecule has 0 aromatic heterocycles. The lowest BCUT2D eigenvalue weighted by molar-refractivity contribution is -0.0979. The molecule has 0 unspecified atom stereocenters. The van der Waals surface area contributed by atoms with Crippen LogP contribution in [0.25, 0.3) is 0 Å². The number of carbonyl (C=O) groups is 1. The zero-order valence-electron chi connectivity index (χ0n) is 7.99. The topological polar surface area (TPSA) is 37.3 Å². The van der Waals surface area contributed by atoms with Crippen LogP contribution in [0.1, 0.15) is 25.9 Å². The standard InChI is InChI=1S/C10H14O.CH2O.H2/c1-2-5-9-6-3-4-7-10(9)8-11;1-2;/h3-4,6-7,11H,2,5,8H2,1H3;1H2;1H. The van der Waals surface area contributed by atoms with Crippen LogP contribution in [-0.2, 0) is 17.8 Å². The summed E-state index contributed by atoms with van der Waals surface area (Å²) in [7, 11) is 0. The second-order valence-electron chi connectivity index (χ2n) is 2.68. The molecule has 2 nitrogen and oxygen atoms in total. The molecule has 0 aliphatic rings. The molecule has 0 amide bonds. The average Bonchev–Trinajstić information content (AvgIpc) is 2.22. The fourth-order valence-electron chi connectivity index (χ4n) is 1.22. The van der Waals surface area contributed by atoms with E-state index in [-0.39, 0.29) is 8.03 Å². The van der Waals surface area contributed by atoms with Crippen molar-refractivity contribution in [2.45, 2.75) is 26.4 Å². The molecule has 0 radical (unpaired) electrons. The maximum absolute atomic E-state index is 8.95. The smallest absolute Gasteiger partial charge is 0.106 e. The lowest BCUT2D eigenvalue weighted by Crippen LogP contribution is -1.92. The largest absolute Gasteiger partial charge is 0.392 e. The molecule has 0 heterocycles. The maximum Gasteiger partial charge on any atom is 0.106 e. The van der Waals surface area contributed by atoms with E-state index in [0.717, 1.165) is 18.4 Å². The molecular formula is C11H18O2. The zero-order valence-corrected chi connectivity index (χ0v) is 7.99. The van der Waals surface area contributed by atoms with Gasteiger partial charge in [0.1, 0.15) is 6.79 Å². The molecule has 0 aliphatic heterocycles. The number of hydrogen-bond acceptors (Lipinski definition) is 2. The van der Waals surface area contributed by atoms with E-state index in [9.17, 15) is 0 Å². The Labute approximate surface area is 80.7 Å². The van der Waals surface area contributed by atoms with Crippen LogP contribution in [-0.4, -0.2) is 11.9 Å². The Morgan fingerprint density at radius 3 is 2.31 bits per heavy atom. The summed E-state index contributed by atoms with van der Waals surface area (Å²) in [6, 6.07) is 8.04. The summed E-state index contributed by atoms with van der Waals surface area (Å²) >= 11 is 0. The molecular weight excluding hydrogens is 164 g/mol. The van der Waals surface area contributed by atoms with Gasteiger partial charge in [-0.15, -0.1) is 0 Å². The fraction of sp³-hybridized carbons (Fsp3) is 0.364. The Balaban J connectivity index is 0. The predicted octanol–water partition coefficient (Wildman–Crippen LogP) is 2.19. The van der Waals surface area contributed by atoms with E-state index in [1.54, 1.807) is 0 Å². The SMILES string of the molecule is C=O.CCCc1ccccc1CO.[HH]. The van der Waals surface area contributed by atoms with Gasteiger partial charge in [0.2, 0.25) is 0 Å². The lowest BCUT2D eigenvalue weighted by atomic mass is 10.0. The van der Waals surface area contributed by atoms with Crippen molar-refractivity contribution in [3.63, 3.8) is 0 Å². The Hall–Kier alpha value is -1.15. The van der Waals surface area contributed by atoms with Crippen molar-refractivity contribution < 1.29 is 11.3 Å². The average molecular weight is 182 g/mol. The minimum atomic E-state index is 0. The molecule has 13 heavy (non-hydrogen) atoms. The van der Waals surface area contributed by atoms with Gasteiger partial charge in [-0.1, -0.05) is 37.6 Å². The van der Waals surface area contributed by atoms with Crippen LogP contribution in [0.2, 0.25) is 0 Å². The van der Waals surface area contributed by atoms with Crippen molar-refractivity contribution in [2.24, 2.45) is 0 Å². The molecule has 1 aromatic carbocycles. The quantitative estimate of drug-likeness (QED) is 0.778. The van der Waals surface area contributed by atoms with Crippen LogP contribution in [0.3, 0.4) is 0 Å². The first-order valence-corrected chi connectivity index (χ1v) is 4.35. The lowest BCUT2D eigenvalue weighted by Gasteiger charge is -2.03. The van der Waals surface area contributed by atoms with Crippen LogP contribution < -0.4 is 0 Å². The summed E-state index contributed by atoms with van der Waals surface area (Å²) in [5, 5.41) is 8.95. The molecule has 2 heteroatoms. The summed E-state index contributed by atoms with van der Waals surface area (Å²) in [6.07, 6.45) is 2.20. The van der Waals surface area contributed by atoms with Gasteiger partial charge in [-0.3, -0.25) is 0 Å². The molecule has 0 bridgehead atoms.